The van der Waals surface area contributed by atoms with Gasteiger partial charge in [0, 0.05) is 16.3 Å². The van der Waals surface area contributed by atoms with Crippen molar-refractivity contribution < 1.29 is 13.2 Å². The van der Waals surface area contributed by atoms with Gasteiger partial charge >= 0.3 is 6.18 Å². The minimum Gasteiger partial charge on any atom is -0.324 e. The molecule has 2 N–H and O–H groups in total. The molecule has 2 aromatic carbocycles. The summed E-state index contributed by atoms with van der Waals surface area (Å²) in [4.78, 5) is 18.0. The molecule has 0 atom stereocenters. The average molecular weight is 539 g/mol. The lowest BCUT2D eigenvalue weighted by Crippen LogP contribution is -2.31. The molecule has 11 heteroatoms. The maximum atomic E-state index is 14.3. The van der Waals surface area contributed by atoms with Gasteiger partial charge in [-0.05, 0) is 48.7 Å². The zero-order chi connectivity index (χ0) is 27.2. The molecule has 0 aliphatic rings. The van der Waals surface area contributed by atoms with Crippen molar-refractivity contribution in [1.29, 1.82) is 0 Å². The number of nitrogens with zero attached hydrogens (tertiary/aromatic N) is 5. The number of aromatic nitrogens is 5. The lowest BCUT2D eigenvalue weighted by atomic mass is 9.96. The van der Waals surface area contributed by atoms with Crippen LogP contribution in [0.25, 0.3) is 27.9 Å². The SMILES string of the molecule is Cc1ccc(-c2c(-c3ccc(Cl)cc3)c3nnc(CN)n3n(Cc3ccc(C(F)(F)F)nc3C)c2=O)cc1. The van der Waals surface area contributed by atoms with Gasteiger partial charge in [-0.3, -0.25) is 4.79 Å². The van der Waals surface area contributed by atoms with Crippen LogP contribution in [0.2, 0.25) is 5.02 Å². The van der Waals surface area contributed by atoms with Crippen LogP contribution in [-0.4, -0.2) is 24.4 Å². The van der Waals surface area contributed by atoms with Gasteiger partial charge in [-0.25, -0.2) is 14.2 Å². The van der Waals surface area contributed by atoms with Gasteiger partial charge in [0.2, 0.25) is 0 Å². The number of pyridine rings is 1. The van der Waals surface area contributed by atoms with Crippen molar-refractivity contribution >= 4 is 17.2 Å². The first-order chi connectivity index (χ1) is 18.1. The molecule has 0 bridgehead atoms. The number of rotatable bonds is 5. The van der Waals surface area contributed by atoms with Crippen LogP contribution < -0.4 is 11.3 Å². The van der Waals surface area contributed by atoms with Crippen LogP contribution in [0.15, 0.2) is 65.5 Å². The Labute approximate surface area is 220 Å². The van der Waals surface area contributed by atoms with Gasteiger partial charge in [0.25, 0.3) is 5.56 Å². The summed E-state index contributed by atoms with van der Waals surface area (Å²) >= 11 is 6.13. The first-order valence-electron chi connectivity index (χ1n) is 11.7. The summed E-state index contributed by atoms with van der Waals surface area (Å²) < 4.78 is 42.5. The molecule has 0 aliphatic heterocycles. The average Bonchev–Trinajstić information content (AvgIpc) is 3.31. The van der Waals surface area contributed by atoms with E-state index in [4.69, 9.17) is 17.3 Å². The Kier molecular flexibility index (Phi) is 6.54. The van der Waals surface area contributed by atoms with Crippen LogP contribution in [0.4, 0.5) is 13.2 Å². The number of alkyl halides is 3. The number of halogens is 4. The highest BCUT2D eigenvalue weighted by Gasteiger charge is 2.33. The summed E-state index contributed by atoms with van der Waals surface area (Å²) in [6.07, 6.45) is -4.58. The quantitative estimate of drug-likeness (QED) is 0.323. The van der Waals surface area contributed by atoms with Crippen molar-refractivity contribution in [3.8, 4) is 22.3 Å². The maximum Gasteiger partial charge on any atom is 0.433 e. The summed E-state index contributed by atoms with van der Waals surface area (Å²) in [6, 6.07) is 16.7. The van der Waals surface area contributed by atoms with Gasteiger partial charge in [-0.2, -0.15) is 13.2 Å². The Morgan fingerprint density at radius 3 is 2.13 bits per heavy atom. The topological polar surface area (TPSA) is 91.1 Å². The third kappa shape index (κ3) is 4.57. The van der Waals surface area contributed by atoms with Crippen LogP contribution >= 0.6 is 11.6 Å². The van der Waals surface area contributed by atoms with Crippen molar-refractivity contribution in [2.75, 3.05) is 0 Å². The lowest BCUT2D eigenvalue weighted by Gasteiger charge is -2.18. The number of fused-ring (bicyclic) bond motifs is 1. The fourth-order valence-corrected chi connectivity index (χ4v) is 4.51. The van der Waals surface area contributed by atoms with Crippen LogP contribution in [0, 0.1) is 13.8 Å². The van der Waals surface area contributed by atoms with Gasteiger partial charge in [0.15, 0.2) is 11.5 Å². The van der Waals surface area contributed by atoms with E-state index in [1.807, 2.05) is 31.2 Å². The second-order valence-corrected chi connectivity index (χ2v) is 9.32. The highest BCUT2D eigenvalue weighted by Crippen LogP contribution is 2.34. The Morgan fingerprint density at radius 2 is 1.53 bits per heavy atom. The van der Waals surface area contributed by atoms with Gasteiger partial charge in [-0.1, -0.05) is 59.6 Å². The zero-order valence-corrected chi connectivity index (χ0v) is 21.2. The number of nitrogens with two attached hydrogens (primary N) is 1. The highest BCUT2D eigenvalue weighted by atomic mass is 35.5. The predicted molar refractivity (Wildman–Crippen MR) is 139 cm³/mol. The number of hydrogen-bond donors (Lipinski definition) is 1. The van der Waals surface area contributed by atoms with Gasteiger partial charge in [-0.15, -0.1) is 10.2 Å². The molecule has 0 spiro atoms. The fourth-order valence-electron chi connectivity index (χ4n) is 4.38. The van der Waals surface area contributed by atoms with Crippen molar-refractivity contribution in [3.05, 3.63) is 104 Å². The van der Waals surface area contributed by atoms with E-state index in [2.05, 4.69) is 15.2 Å². The molecule has 38 heavy (non-hydrogen) atoms. The lowest BCUT2D eigenvalue weighted by molar-refractivity contribution is -0.141. The Bertz CT molecular complexity index is 1710. The molecule has 0 saturated heterocycles. The largest absolute Gasteiger partial charge is 0.433 e. The molecular formula is C27H22ClF3N6O. The molecule has 0 unspecified atom stereocenters. The number of benzene rings is 2. The first kappa shape index (κ1) is 25.6. The maximum absolute atomic E-state index is 14.3. The van der Waals surface area contributed by atoms with Crippen LogP contribution in [0.3, 0.4) is 0 Å². The molecule has 194 valence electrons. The van der Waals surface area contributed by atoms with Crippen molar-refractivity contribution in [3.63, 3.8) is 0 Å². The monoisotopic (exact) mass is 538 g/mol. The van der Waals surface area contributed by atoms with E-state index in [1.165, 1.54) is 22.2 Å². The summed E-state index contributed by atoms with van der Waals surface area (Å²) in [7, 11) is 0. The Hall–Kier alpha value is -4.02. The Balaban J connectivity index is 1.83. The van der Waals surface area contributed by atoms with E-state index in [9.17, 15) is 18.0 Å². The fraction of sp³-hybridized carbons (Fsp3) is 0.185. The van der Waals surface area contributed by atoms with E-state index in [-0.39, 0.29) is 24.3 Å². The van der Waals surface area contributed by atoms with Gasteiger partial charge < -0.3 is 5.73 Å². The minimum absolute atomic E-state index is 0.0191. The highest BCUT2D eigenvalue weighted by molar-refractivity contribution is 6.30. The second-order valence-electron chi connectivity index (χ2n) is 8.88. The molecule has 3 heterocycles. The smallest absolute Gasteiger partial charge is 0.324 e. The van der Waals surface area contributed by atoms with E-state index < -0.39 is 11.9 Å². The summed E-state index contributed by atoms with van der Waals surface area (Å²) in [6.45, 7) is 3.33. The minimum atomic E-state index is -4.58. The summed E-state index contributed by atoms with van der Waals surface area (Å²) in [5, 5.41) is 9.13. The van der Waals surface area contributed by atoms with E-state index in [0.29, 0.717) is 44.3 Å². The first-order valence-corrected chi connectivity index (χ1v) is 12.0. The predicted octanol–water partition coefficient (Wildman–Crippen LogP) is 5.42. The van der Waals surface area contributed by atoms with Crippen molar-refractivity contribution in [2.45, 2.75) is 33.1 Å². The summed E-state index contributed by atoms with van der Waals surface area (Å²) in [5.74, 6) is 0.320. The molecule has 0 radical (unpaired) electrons. The van der Waals surface area contributed by atoms with E-state index in [0.717, 1.165) is 11.6 Å². The normalized spacial score (nSPS) is 11.9. The van der Waals surface area contributed by atoms with Gasteiger partial charge in [0.05, 0.1) is 18.7 Å². The molecule has 3 aromatic heterocycles. The van der Waals surface area contributed by atoms with E-state index in [1.54, 1.807) is 24.3 Å². The molecule has 7 nitrogen and oxygen atoms in total. The van der Waals surface area contributed by atoms with E-state index >= 15 is 0 Å². The van der Waals surface area contributed by atoms with Crippen LogP contribution in [0.1, 0.15) is 28.3 Å². The molecular weight excluding hydrogens is 517 g/mol. The number of hydrogen-bond acceptors (Lipinski definition) is 5. The van der Waals surface area contributed by atoms with Gasteiger partial charge in [0.1, 0.15) is 5.69 Å². The van der Waals surface area contributed by atoms with Crippen molar-refractivity contribution in [2.24, 2.45) is 5.73 Å². The molecule has 0 aliphatic carbocycles. The molecule has 5 aromatic rings. The summed E-state index contributed by atoms with van der Waals surface area (Å²) in [5.41, 5.74) is 8.81. The van der Waals surface area contributed by atoms with Crippen LogP contribution in [0.5, 0.6) is 0 Å². The molecule has 5 rings (SSSR count). The van der Waals surface area contributed by atoms with Crippen LogP contribution in [-0.2, 0) is 19.3 Å². The molecule has 0 amide bonds. The zero-order valence-electron chi connectivity index (χ0n) is 20.4. The standard InChI is InChI=1S/C27H22ClF3N6O/c1-15-3-5-18(6-4-15)24-23(17-7-10-20(28)11-8-17)25-35-34-22(13-32)37(25)36(26(24)38)14-19-9-12-21(27(29,30)31)33-16(19)2/h3-12H,13-14,32H2,1-2H3. The number of aryl methyl sites for hydroxylation is 2. The molecule has 0 fully saturated rings. The van der Waals surface area contributed by atoms with Crippen molar-refractivity contribution in [1.82, 2.24) is 24.4 Å². The molecule has 0 saturated carbocycles. The third-order valence-corrected chi connectivity index (χ3v) is 6.58. The Morgan fingerprint density at radius 1 is 0.895 bits per heavy atom. The third-order valence-electron chi connectivity index (χ3n) is 6.33. The second kappa shape index (κ2) is 9.70.